The molecule has 1 N–H and O–H groups in total. The minimum Gasteiger partial charge on any atom is -0.396 e. The number of halogens is 1. The van der Waals surface area contributed by atoms with E-state index >= 15 is 0 Å². The zero-order chi connectivity index (χ0) is 12.5. The summed E-state index contributed by atoms with van der Waals surface area (Å²) in [5, 5.41) is 14.5. The monoisotopic (exact) mass is 263 g/mol. The van der Waals surface area contributed by atoms with E-state index in [1.165, 1.54) is 0 Å². The lowest BCUT2D eigenvalue weighted by Gasteiger charge is -2.19. The number of fused-ring (bicyclic) bond motifs is 1. The van der Waals surface area contributed by atoms with E-state index in [9.17, 15) is 5.11 Å². The molecule has 18 heavy (non-hydrogen) atoms. The number of aliphatic hydroxyl groups excluding tert-OH is 1. The van der Waals surface area contributed by atoms with E-state index in [-0.39, 0.29) is 12.5 Å². The van der Waals surface area contributed by atoms with Gasteiger partial charge < -0.3 is 5.11 Å². The third-order valence-corrected chi connectivity index (χ3v) is 3.53. The van der Waals surface area contributed by atoms with Gasteiger partial charge in [0.25, 0.3) is 0 Å². The van der Waals surface area contributed by atoms with Crippen molar-refractivity contribution in [3.63, 3.8) is 0 Å². The summed E-state index contributed by atoms with van der Waals surface area (Å²) in [6, 6.07) is 7.52. The zero-order valence-electron chi connectivity index (χ0n) is 9.88. The summed E-state index contributed by atoms with van der Waals surface area (Å²) < 4.78 is 1.90. The molecule has 0 radical (unpaired) electrons. The fraction of sp³-hybridized carbons (Fsp3) is 0.385. The van der Waals surface area contributed by atoms with Crippen LogP contribution < -0.4 is 0 Å². The van der Waals surface area contributed by atoms with Crippen LogP contribution in [0.4, 0.5) is 0 Å². The molecular formula is C13H14ClN3O. The van der Waals surface area contributed by atoms with Crippen molar-refractivity contribution in [3.05, 3.63) is 35.1 Å². The molecule has 0 spiro atoms. The van der Waals surface area contributed by atoms with Crippen molar-refractivity contribution in [1.29, 1.82) is 0 Å². The van der Waals surface area contributed by atoms with Crippen molar-refractivity contribution in [1.82, 2.24) is 14.8 Å². The van der Waals surface area contributed by atoms with Crippen molar-refractivity contribution in [2.45, 2.75) is 25.3 Å². The van der Waals surface area contributed by atoms with Crippen LogP contribution >= 0.6 is 11.6 Å². The Morgan fingerprint density at radius 2 is 2.33 bits per heavy atom. The Labute approximate surface area is 110 Å². The minimum absolute atomic E-state index is 0.110. The molecule has 4 nitrogen and oxygen atoms in total. The standard InChI is InChI=1S/C13H14ClN3O/c14-11-5-1-3-9(7-11)12-15-13-10(8-18)4-2-6-17(13)16-12/h1,3,5,7,10,18H,2,4,6,8H2. The summed E-state index contributed by atoms with van der Waals surface area (Å²) in [4.78, 5) is 4.55. The van der Waals surface area contributed by atoms with Gasteiger partial charge in [0.15, 0.2) is 5.82 Å². The van der Waals surface area contributed by atoms with Gasteiger partial charge >= 0.3 is 0 Å². The topological polar surface area (TPSA) is 50.9 Å². The summed E-state index contributed by atoms with van der Waals surface area (Å²) in [5.74, 6) is 1.69. The van der Waals surface area contributed by atoms with E-state index in [0.717, 1.165) is 30.8 Å². The predicted molar refractivity (Wildman–Crippen MR) is 69.5 cm³/mol. The minimum atomic E-state index is 0.110. The molecule has 2 heterocycles. The number of rotatable bonds is 2. The first kappa shape index (κ1) is 11.7. The number of nitrogens with zero attached hydrogens (tertiary/aromatic N) is 3. The van der Waals surface area contributed by atoms with Gasteiger partial charge in [-0.05, 0) is 25.0 Å². The van der Waals surface area contributed by atoms with Gasteiger partial charge in [0.1, 0.15) is 5.82 Å². The summed E-state index contributed by atoms with van der Waals surface area (Å²) >= 11 is 5.98. The largest absolute Gasteiger partial charge is 0.396 e. The molecule has 94 valence electrons. The van der Waals surface area contributed by atoms with E-state index in [4.69, 9.17) is 11.6 Å². The fourth-order valence-corrected chi connectivity index (χ4v) is 2.55. The zero-order valence-corrected chi connectivity index (χ0v) is 10.6. The smallest absolute Gasteiger partial charge is 0.181 e. The third-order valence-electron chi connectivity index (χ3n) is 3.29. The molecule has 1 atom stereocenters. The summed E-state index contributed by atoms with van der Waals surface area (Å²) in [5.41, 5.74) is 0.918. The first-order chi connectivity index (χ1) is 8.78. The van der Waals surface area contributed by atoms with Gasteiger partial charge in [-0.1, -0.05) is 23.7 Å². The predicted octanol–water partition coefficient (Wildman–Crippen LogP) is 2.47. The Morgan fingerprint density at radius 1 is 1.44 bits per heavy atom. The SMILES string of the molecule is OCC1CCCn2nc(-c3cccc(Cl)c3)nc21. The Balaban J connectivity index is 2.02. The Kier molecular flexibility index (Phi) is 3.06. The first-order valence-corrected chi connectivity index (χ1v) is 6.47. The summed E-state index contributed by atoms with van der Waals surface area (Å²) in [6.45, 7) is 1.01. The molecule has 5 heteroatoms. The summed E-state index contributed by atoms with van der Waals surface area (Å²) in [7, 11) is 0. The molecule has 2 aromatic rings. The Bertz CT molecular complexity index is 567. The molecule has 0 saturated carbocycles. The van der Waals surface area contributed by atoms with Crippen molar-refractivity contribution < 1.29 is 5.11 Å². The van der Waals surface area contributed by atoms with Crippen molar-refractivity contribution in [3.8, 4) is 11.4 Å². The van der Waals surface area contributed by atoms with Gasteiger partial charge in [0, 0.05) is 23.0 Å². The fourth-order valence-electron chi connectivity index (χ4n) is 2.36. The highest BCUT2D eigenvalue weighted by Gasteiger charge is 2.23. The van der Waals surface area contributed by atoms with Crippen LogP contribution in [0.2, 0.25) is 5.02 Å². The van der Waals surface area contributed by atoms with E-state index in [2.05, 4.69) is 10.1 Å². The van der Waals surface area contributed by atoms with Crippen molar-refractivity contribution >= 4 is 11.6 Å². The van der Waals surface area contributed by atoms with Gasteiger partial charge in [-0.3, -0.25) is 0 Å². The van der Waals surface area contributed by atoms with E-state index in [1.54, 1.807) is 0 Å². The van der Waals surface area contributed by atoms with Crippen molar-refractivity contribution in [2.24, 2.45) is 0 Å². The molecule has 1 aromatic carbocycles. The molecule has 1 unspecified atom stereocenters. The molecule has 0 fully saturated rings. The maximum atomic E-state index is 9.36. The highest BCUT2D eigenvalue weighted by Crippen LogP contribution is 2.28. The van der Waals surface area contributed by atoms with Gasteiger partial charge in [-0.15, -0.1) is 0 Å². The van der Waals surface area contributed by atoms with Gasteiger partial charge in [-0.25, -0.2) is 9.67 Å². The molecule has 0 bridgehead atoms. The molecule has 0 aliphatic carbocycles. The lowest BCUT2D eigenvalue weighted by atomic mass is 10.0. The number of hydrogen-bond donors (Lipinski definition) is 1. The second-order valence-corrected chi connectivity index (χ2v) is 4.99. The van der Waals surface area contributed by atoms with Crippen LogP contribution in [0.25, 0.3) is 11.4 Å². The highest BCUT2D eigenvalue weighted by molar-refractivity contribution is 6.30. The number of aromatic nitrogens is 3. The molecular weight excluding hydrogens is 250 g/mol. The number of aryl methyl sites for hydroxylation is 1. The van der Waals surface area contributed by atoms with Crippen LogP contribution in [-0.2, 0) is 6.54 Å². The van der Waals surface area contributed by atoms with E-state index in [1.807, 2.05) is 28.9 Å². The van der Waals surface area contributed by atoms with Crippen LogP contribution in [0.5, 0.6) is 0 Å². The Morgan fingerprint density at radius 3 is 3.11 bits per heavy atom. The second kappa shape index (κ2) is 4.71. The highest BCUT2D eigenvalue weighted by atomic mass is 35.5. The average molecular weight is 264 g/mol. The number of benzene rings is 1. The lowest BCUT2D eigenvalue weighted by Crippen LogP contribution is -2.19. The van der Waals surface area contributed by atoms with E-state index in [0.29, 0.717) is 10.8 Å². The normalized spacial score (nSPS) is 18.7. The van der Waals surface area contributed by atoms with Crippen LogP contribution in [0.3, 0.4) is 0 Å². The molecule has 0 amide bonds. The van der Waals surface area contributed by atoms with E-state index < -0.39 is 0 Å². The van der Waals surface area contributed by atoms with Gasteiger partial charge in [-0.2, -0.15) is 5.10 Å². The lowest BCUT2D eigenvalue weighted by molar-refractivity contribution is 0.234. The van der Waals surface area contributed by atoms with Crippen LogP contribution in [0, 0.1) is 0 Å². The van der Waals surface area contributed by atoms with Crippen molar-refractivity contribution in [2.75, 3.05) is 6.61 Å². The van der Waals surface area contributed by atoms with Gasteiger partial charge in [0.2, 0.25) is 0 Å². The number of aliphatic hydroxyl groups is 1. The van der Waals surface area contributed by atoms with Gasteiger partial charge in [0.05, 0.1) is 6.61 Å². The first-order valence-electron chi connectivity index (χ1n) is 6.09. The van der Waals surface area contributed by atoms with Crippen LogP contribution in [0.15, 0.2) is 24.3 Å². The summed E-state index contributed by atoms with van der Waals surface area (Å²) in [6.07, 6.45) is 2.01. The molecule has 0 saturated heterocycles. The second-order valence-electron chi connectivity index (χ2n) is 4.55. The van der Waals surface area contributed by atoms with Crippen LogP contribution in [-0.4, -0.2) is 26.5 Å². The molecule has 1 aliphatic heterocycles. The average Bonchev–Trinajstić information content (AvgIpc) is 2.82. The maximum Gasteiger partial charge on any atom is 0.181 e. The quantitative estimate of drug-likeness (QED) is 0.906. The molecule has 1 aromatic heterocycles. The molecule has 3 rings (SSSR count). The Hall–Kier alpha value is -1.39. The maximum absolute atomic E-state index is 9.36. The third kappa shape index (κ3) is 2.02. The van der Waals surface area contributed by atoms with Crippen LogP contribution in [0.1, 0.15) is 24.6 Å². The number of hydrogen-bond acceptors (Lipinski definition) is 3. The molecule has 1 aliphatic rings.